The summed E-state index contributed by atoms with van der Waals surface area (Å²) in [6.45, 7) is 4.33. The number of carbonyl (C=O) groups is 1. The van der Waals surface area contributed by atoms with Gasteiger partial charge in [-0.2, -0.15) is 5.26 Å². The molecule has 0 aliphatic rings. The highest BCUT2D eigenvalue weighted by molar-refractivity contribution is 6.11. The summed E-state index contributed by atoms with van der Waals surface area (Å²) in [4.78, 5) is 12.9. The van der Waals surface area contributed by atoms with E-state index in [1.807, 2.05) is 86.6 Å². The quantitative estimate of drug-likeness (QED) is 0.232. The van der Waals surface area contributed by atoms with Crippen LogP contribution in [0.5, 0.6) is 11.5 Å². The van der Waals surface area contributed by atoms with Gasteiger partial charge < -0.3 is 14.8 Å². The zero-order valence-corrected chi connectivity index (χ0v) is 19.7. The van der Waals surface area contributed by atoms with Crippen LogP contribution < -0.4 is 14.8 Å². The number of benzene rings is 4. The average molecular weight is 463 g/mol. The minimum atomic E-state index is -0.492. The van der Waals surface area contributed by atoms with Gasteiger partial charge in [0.2, 0.25) is 0 Å². The topological polar surface area (TPSA) is 71.3 Å². The first-order chi connectivity index (χ1) is 17.0. The Morgan fingerprint density at radius 1 is 0.943 bits per heavy atom. The Hall–Kier alpha value is -4.56. The highest BCUT2D eigenvalue weighted by Crippen LogP contribution is 2.31. The highest BCUT2D eigenvalue weighted by atomic mass is 16.5. The third-order valence-corrected chi connectivity index (χ3v) is 5.31. The van der Waals surface area contributed by atoms with Crippen LogP contribution in [0.4, 0.5) is 5.69 Å². The number of rotatable bonds is 8. The van der Waals surface area contributed by atoms with Crippen LogP contribution in [0.15, 0.2) is 96.6 Å². The van der Waals surface area contributed by atoms with Crippen LogP contribution >= 0.6 is 0 Å². The summed E-state index contributed by atoms with van der Waals surface area (Å²) in [5, 5.41) is 14.5. The van der Waals surface area contributed by atoms with E-state index in [1.165, 1.54) is 0 Å². The van der Waals surface area contributed by atoms with Crippen molar-refractivity contribution in [3.05, 3.63) is 108 Å². The number of nitriles is 1. The maximum absolute atomic E-state index is 12.9. The lowest BCUT2D eigenvalue weighted by atomic mass is 10.0. The van der Waals surface area contributed by atoms with Crippen LogP contribution in [0.1, 0.15) is 25.0 Å². The molecule has 0 radical (unpaired) electrons. The Morgan fingerprint density at radius 2 is 1.66 bits per heavy atom. The van der Waals surface area contributed by atoms with E-state index in [9.17, 15) is 10.1 Å². The summed E-state index contributed by atoms with van der Waals surface area (Å²) in [6.07, 6.45) is 1.54. The van der Waals surface area contributed by atoms with Crippen molar-refractivity contribution in [2.75, 3.05) is 5.32 Å². The zero-order valence-electron chi connectivity index (χ0n) is 19.7. The third kappa shape index (κ3) is 6.07. The Labute approximate surface area is 205 Å². The molecule has 0 aliphatic heterocycles. The first kappa shape index (κ1) is 23.6. The van der Waals surface area contributed by atoms with Gasteiger partial charge in [0.1, 0.15) is 29.7 Å². The second-order valence-corrected chi connectivity index (χ2v) is 8.29. The molecule has 0 aliphatic carbocycles. The third-order valence-electron chi connectivity index (χ3n) is 5.31. The molecule has 1 amide bonds. The number of fused-ring (bicyclic) bond motifs is 1. The average Bonchev–Trinajstić information content (AvgIpc) is 2.88. The molecule has 0 unspecified atom stereocenters. The van der Waals surface area contributed by atoms with Crippen molar-refractivity contribution in [1.29, 1.82) is 5.26 Å². The van der Waals surface area contributed by atoms with Crippen molar-refractivity contribution in [3.8, 4) is 17.6 Å². The van der Waals surface area contributed by atoms with E-state index in [0.29, 0.717) is 29.4 Å². The van der Waals surface area contributed by atoms with Gasteiger partial charge in [-0.15, -0.1) is 0 Å². The monoisotopic (exact) mass is 462 g/mol. The van der Waals surface area contributed by atoms with Gasteiger partial charge >= 0.3 is 0 Å². The first-order valence-corrected chi connectivity index (χ1v) is 11.4. The molecular weight excluding hydrogens is 436 g/mol. The van der Waals surface area contributed by atoms with Gasteiger partial charge in [0.25, 0.3) is 5.91 Å². The first-order valence-electron chi connectivity index (χ1n) is 11.4. The lowest BCUT2D eigenvalue weighted by Gasteiger charge is -2.15. The molecule has 0 saturated carbocycles. The van der Waals surface area contributed by atoms with Gasteiger partial charge in [0.15, 0.2) is 0 Å². The molecule has 0 aromatic heterocycles. The van der Waals surface area contributed by atoms with Gasteiger partial charge in [-0.05, 0) is 66.6 Å². The second-order valence-electron chi connectivity index (χ2n) is 8.29. The van der Waals surface area contributed by atoms with E-state index < -0.39 is 5.91 Å². The molecular formula is C30H26N2O3. The van der Waals surface area contributed by atoms with Gasteiger partial charge in [0.05, 0.1) is 6.10 Å². The Bertz CT molecular complexity index is 1390. The van der Waals surface area contributed by atoms with Crippen molar-refractivity contribution in [1.82, 2.24) is 0 Å². The smallest absolute Gasteiger partial charge is 0.266 e. The summed E-state index contributed by atoms with van der Waals surface area (Å²) in [5.74, 6) is 0.821. The van der Waals surface area contributed by atoms with Crippen LogP contribution in [-0.4, -0.2) is 12.0 Å². The fraction of sp³-hybridized carbons (Fsp3) is 0.133. The fourth-order valence-corrected chi connectivity index (χ4v) is 3.65. The second kappa shape index (κ2) is 11.0. The standard InChI is InChI=1S/C30H26N2O3/c1-21(2)35-29-17-12-23-10-6-7-11-27(23)28(29)18-24(19-31)30(33)32-25-13-15-26(16-14-25)34-20-22-8-4-3-5-9-22/h3-18,21H,20H2,1-2H3,(H,32,33)/b24-18+. The van der Waals surface area contributed by atoms with Crippen molar-refractivity contribution < 1.29 is 14.3 Å². The van der Waals surface area contributed by atoms with Crippen LogP contribution in [0, 0.1) is 11.3 Å². The molecule has 0 saturated heterocycles. The molecule has 1 N–H and O–H groups in total. The number of nitrogens with zero attached hydrogens (tertiary/aromatic N) is 1. The van der Waals surface area contributed by atoms with E-state index in [2.05, 4.69) is 5.32 Å². The van der Waals surface area contributed by atoms with Crippen LogP contribution in [0.25, 0.3) is 16.8 Å². The Morgan fingerprint density at radius 3 is 2.37 bits per heavy atom. The number of anilines is 1. The molecule has 35 heavy (non-hydrogen) atoms. The minimum Gasteiger partial charge on any atom is -0.490 e. The summed E-state index contributed by atoms with van der Waals surface area (Å²) >= 11 is 0. The molecule has 174 valence electrons. The summed E-state index contributed by atoms with van der Waals surface area (Å²) < 4.78 is 11.8. The number of ether oxygens (including phenoxy) is 2. The van der Waals surface area contributed by atoms with E-state index in [0.717, 1.165) is 16.3 Å². The normalized spacial score (nSPS) is 11.2. The predicted octanol–water partition coefficient (Wildman–Crippen LogP) is 6.75. The van der Waals surface area contributed by atoms with Crippen LogP contribution in [-0.2, 0) is 11.4 Å². The van der Waals surface area contributed by atoms with Crippen LogP contribution in [0.2, 0.25) is 0 Å². The Kier molecular flexibility index (Phi) is 7.44. The molecule has 0 bridgehead atoms. The molecule has 0 fully saturated rings. The summed E-state index contributed by atoms with van der Waals surface area (Å²) in [7, 11) is 0. The van der Waals surface area contributed by atoms with E-state index in [1.54, 1.807) is 30.3 Å². The Balaban J connectivity index is 1.53. The fourth-order valence-electron chi connectivity index (χ4n) is 3.65. The molecule has 4 aromatic rings. The van der Waals surface area contributed by atoms with E-state index in [-0.39, 0.29) is 11.7 Å². The molecule has 4 aromatic carbocycles. The van der Waals surface area contributed by atoms with Gasteiger partial charge in [-0.1, -0.05) is 60.7 Å². The van der Waals surface area contributed by atoms with Crippen molar-refractivity contribution in [3.63, 3.8) is 0 Å². The largest absolute Gasteiger partial charge is 0.490 e. The summed E-state index contributed by atoms with van der Waals surface area (Å²) in [5.41, 5.74) is 2.33. The maximum Gasteiger partial charge on any atom is 0.266 e. The molecule has 0 heterocycles. The SMILES string of the molecule is CC(C)Oc1ccc2ccccc2c1/C=C(\C#N)C(=O)Nc1ccc(OCc2ccccc2)cc1. The number of hydrogen-bond acceptors (Lipinski definition) is 4. The zero-order chi connectivity index (χ0) is 24.6. The number of amides is 1. The molecule has 5 heteroatoms. The van der Waals surface area contributed by atoms with Gasteiger partial charge in [0, 0.05) is 11.3 Å². The molecule has 0 spiro atoms. The van der Waals surface area contributed by atoms with Crippen molar-refractivity contribution >= 4 is 28.4 Å². The molecule has 4 rings (SSSR count). The lowest BCUT2D eigenvalue weighted by Crippen LogP contribution is -2.13. The molecule has 5 nitrogen and oxygen atoms in total. The van der Waals surface area contributed by atoms with Crippen molar-refractivity contribution in [2.24, 2.45) is 0 Å². The van der Waals surface area contributed by atoms with Gasteiger partial charge in [-0.25, -0.2) is 0 Å². The van der Waals surface area contributed by atoms with E-state index in [4.69, 9.17) is 9.47 Å². The van der Waals surface area contributed by atoms with Crippen LogP contribution in [0.3, 0.4) is 0 Å². The number of nitrogens with one attached hydrogen (secondary N) is 1. The minimum absolute atomic E-state index is 0.0145. The van der Waals surface area contributed by atoms with Gasteiger partial charge in [-0.3, -0.25) is 4.79 Å². The predicted molar refractivity (Wildman–Crippen MR) is 139 cm³/mol. The summed E-state index contributed by atoms with van der Waals surface area (Å²) in [6, 6.07) is 30.6. The maximum atomic E-state index is 12.9. The highest BCUT2D eigenvalue weighted by Gasteiger charge is 2.14. The lowest BCUT2D eigenvalue weighted by molar-refractivity contribution is -0.112. The molecule has 0 atom stereocenters. The number of hydrogen-bond donors (Lipinski definition) is 1. The van der Waals surface area contributed by atoms with Crippen molar-refractivity contribution in [2.45, 2.75) is 26.6 Å². The number of carbonyl (C=O) groups excluding carboxylic acids is 1. The van der Waals surface area contributed by atoms with E-state index >= 15 is 0 Å².